The number of ether oxygens (including phenoxy) is 1. The number of carbonyl (C=O) groups is 1. The van der Waals surface area contributed by atoms with Gasteiger partial charge < -0.3 is 15.0 Å². The Labute approximate surface area is 158 Å². The third kappa shape index (κ3) is 3.65. The third-order valence-electron chi connectivity index (χ3n) is 4.07. The summed E-state index contributed by atoms with van der Waals surface area (Å²) in [5.41, 5.74) is 2.88. The molecule has 3 rings (SSSR count). The minimum absolute atomic E-state index is 0.232. The van der Waals surface area contributed by atoms with Crippen LogP contribution in [0.5, 0.6) is 5.75 Å². The second kappa shape index (κ2) is 7.93. The zero-order valence-corrected chi connectivity index (χ0v) is 15.3. The maximum absolute atomic E-state index is 12.9. The van der Waals surface area contributed by atoms with Gasteiger partial charge >= 0.3 is 0 Å². The second-order valence-electron chi connectivity index (χ2n) is 5.69. The first-order valence-corrected chi connectivity index (χ1v) is 8.51. The summed E-state index contributed by atoms with van der Waals surface area (Å²) in [7, 11) is 3.45. The molecule has 0 unspecified atom stereocenters. The van der Waals surface area contributed by atoms with Gasteiger partial charge in [-0.15, -0.1) is 0 Å². The molecule has 4 nitrogen and oxygen atoms in total. The normalized spacial score (nSPS) is 10.3. The van der Waals surface area contributed by atoms with Crippen LogP contribution in [0.1, 0.15) is 10.4 Å². The van der Waals surface area contributed by atoms with E-state index in [1.807, 2.05) is 60.5 Å². The van der Waals surface area contributed by atoms with E-state index in [4.69, 9.17) is 16.3 Å². The van der Waals surface area contributed by atoms with Crippen LogP contribution < -0.4 is 15.0 Å². The summed E-state index contributed by atoms with van der Waals surface area (Å²) in [4.78, 5) is 14.9. The molecule has 5 heteroatoms. The lowest BCUT2D eigenvalue weighted by Crippen LogP contribution is -2.18. The van der Waals surface area contributed by atoms with Crippen LogP contribution in [0.4, 0.5) is 17.1 Å². The molecule has 0 aliphatic heterocycles. The van der Waals surface area contributed by atoms with Crippen LogP contribution in [0.25, 0.3) is 0 Å². The molecule has 0 bridgehead atoms. The molecule has 0 atom stereocenters. The first-order chi connectivity index (χ1) is 12.6. The maximum Gasteiger partial charge on any atom is 0.257 e. The number of methoxy groups -OCH3 is 1. The van der Waals surface area contributed by atoms with E-state index >= 15 is 0 Å². The van der Waals surface area contributed by atoms with Crippen molar-refractivity contribution in [3.8, 4) is 5.75 Å². The largest absolute Gasteiger partial charge is 0.493 e. The summed E-state index contributed by atoms with van der Waals surface area (Å²) in [6.07, 6.45) is 0. The Morgan fingerprint density at radius 1 is 0.962 bits per heavy atom. The Morgan fingerprint density at radius 3 is 2.38 bits per heavy atom. The fourth-order valence-corrected chi connectivity index (χ4v) is 3.00. The molecule has 132 valence electrons. The van der Waals surface area contributed by atoms with Crippen molar-refractivity contribution in [2.75, 3.05) is 24.4 Å². The second-order valence-corrected chi connectivity index (χ2v) is 6.09. The molecule has 0 heterocycles. The molecule has 0 saturated carbocycles. The average Bonchev–Trinajstić information content (AvgIpc) is 2.68. The quantitative estimate of drug-likeness (QED) is 0.660. The van der Waals surface area contributed by atoms with E-state index in [0.29, 0.717) is 22.0 Å². The maximum atomic E-state index is 12.9. The van der Waals surface area contributed by atoms with Crippen molar-refractivity contribution < 1.29 is 9.53 Å². The van der Waals surface area contributed by atoms with Gasteiger partial charge in [0.2, 0.25) is 0 Å². The molecule has 26 heavy (non-hydrogen) atoms. The van der Waals surface area contributed by atoms with Crippen molar-refractivity contribution in [2.45, 2.75) is 0 Å². The number of hydrogen-bond acceptors (Lipinski definition) is 3. The summed E-state index contributed by atoms with van der Waals surface area (Å²) in [6.45, 7) is 0. The number of anilines is 3. The van der Waals surface area contributed by atoms with Crippen molar-refractivity contribution >= 4 is 34.6 Å². The van der Waals surface area contributed by atoms with Crippen molar-refractivity contribution in [1.29, 1.82) is 0 Å². The van der Waals surface area contributed by atoms with Gasteiger partial charge in [0.15, 0.2) is 5.75 Å². The van der Waals surface area contributed by atoms with E-state index in [2.05, 4.69) is 5.32 Å². The van der Waals surface area contributed by atoms with Crippen LogP contribution in [-0.4, -0.2) is 20.1 Å². The number of para-hydroxylation sites is 3. The number of halogens is 1. The Bertz CT molecular complexity index is 913. The van der Waals surface area contributed by atoms with Crippen LogP contribution in [0.3, 0.4) is 0 Å². The highest BCUT2D eigenvalue weighted by Crippen LogP contribution is 2.33. The number of amides is 1. The Hall–Kier alpha value is -2.98. The van der Waals surface area contributed by atoms with Crippen molar-refractivity contribution in [2.24, 2.45) is 0 Å². The Balaban J connectivity index is 1.93. The van der Waals surface area contributed by atoms with E-state index < -0.39 is 0 Å². The molecule has 0 saturated heterocycles. The van der Waals surface area contributed by atoms with Gasteiger partial charge in [0.25, 0.3) is 5.91 Å². The third-order valence-corrected chi connectivity index (χ3v) is 4.37. The lowest BCUT2D eigenvalue weighted by atomic mass is 10.1. The highest BCUT2D eigenvalue weighted by Gasteiger charge is 2.17. The van der Waals surface area contributed by atoms with Crippen LogP contribution in [0, 0.1) is 0 Å². The van der Waals surface area contributed by atoms with Crippen molar-refractivity contribution in [1.82, 2.24) is 0 Å². The number of nitrogens with zero attached hydrogens (tertiary/aromatic N) is 1. The summed E-state index contributed by atoms with van der Waals surface area (Å²) >= 11 is 6.14. The minimum atomic E-state index is -0.232. The van der Waals surface area contributed by atoms with Gasteiger partial charge in [-0.05, 0) is 36.4 Å². The van der Waals surface area contributed by atoms with Crippen molar-refractivity contribution in [3.63, 3.8) is 0 Å². The van der Waals surface area contributed by atoms with Crippen LogP contribution in [0.15, 0.2) is 72.8 Å². The number of carbonyl (C=O) groups excluding carboxylic acids is 1. The number of hydrogen-bond donors (Lipinski definition) is 1. The monoisotopic (exact) mass is 366 g/mol. The molecule has 0 aliphatic rings. The van der Waals surface area contributed by atoms with E-state index in [1.54, 1.807) is 24.3 Å². The van der Waals surface area contributed by atoms with Gasteiger partial charge in [-0.2, -0.15) is 0 Å². The molecule has 3 aromatic rings. The van der Waals surface area contributed by atoms with Crippen molar-refractivity contribution in [3.05, 3.63) is 83.4 Å². The molecule has 0 aromatic heterocycles. The van der Waals surface area contributed by atoms with Gasteiger partial charge in [-0.25, -0.2) is 0 Å². The standard InChI is InChI=1S/C21H19ClN2O2/c1-24(15-9-4-3-5-10-15)19-14-7-6-11-16(19)21(25)23-18-13-8-12-17(22)20(18)26-2/h3-14H,1-2H3,(H,23,25). The molecular formula is C21H19ClN2O2. The fraction of sp³-hybridized carbons (Fsp3) is 0.0952. The van der Waals surface area contributed by atoms with Gasteiger partial charge in [-0.3, -0.25) is 4.79 Å². The summed E-state index contributed by atoms with van der Waals surface area (Å²) < 4.78 is 5.30. The predicted molar refractivity (Wildman–Crippen MR) is 107 cm³/mol. The predicted octanol–water partition coefficient (Wildman–Crippen LogP) is 5.37. The first-order valence-electron chi connectivity index (χ1n) is 8.13. The van der Waals surface area contributed by atoms with E-state index in [1.165, 1.54) is 7.11 Å². The molecule has 3 aromatic carbocycles. The SMILES string of the molecule is COc1c(Cl)cccc1NC(=O)c1ccccc1N(C)c1ccccc1. The summed E-state index contributed by atoms with van der Waals surface area (Å²) in [6, 6.07) is 22.6. The van der Waals surface area contributed by atoms with Gasteiger partial charge in [0.1, 0.15) is 0 Å². The Kier molecular flexibility index (Phi) is 5.44. The molecule has 0 fully saturated rings. The van der Waals surface area contributed by atoms with Gasteiger partial charge in [-0.1, -0.05) is 48.0 Å². The smallest absolute Gasteiger partial charge is 0.257 e. The first kappa shape index (κ1) is 17.8. The highest BCUT2D eigenvalue weighted by molar-refractivity contribution is 6.32. The topological polar surface area (TPSA) is 41.6 Å². The van der Waals surface area contributed by atoms with E-state index in [0.717, 1.165) is 11.4 Å². The van der Waals surface area contributed by atoms with Crippen LogP contribution in [-0.2, 0) is 0 Å². The van der Waals surface area contributed by atoms with E-state index in [9.17, 15) is 4.79 Å². The average molecular weight is 367 g/mol. The van der Waals surface area contributed by atoms with Gasteiger partial charge in [0, 0.05) is 12.7 Å². The summed E-state index contributed by atoms with van der Waals surface area (Å²) in [5, 5.41) is 3.33. The lowest BCUT2D eigenvalue weighted by molar-refractivity contribution is 0.102. The highest BCUT2D eigenvalue weighted by atomic mass is 35.5. The van der Waals surface area contributed by atoms with Gasteiger partial charge in [0.05, 0.1) is 29.1 Å². The molecule has 0 radical (unpaired) electrons. The van der Waals surface area contributed by atoms with E-state index in [-0.39, 0.29) is 5.91 Å². The summed E-state index contributed by atoms with van der Waals surface area (Å²) in [5.74, 6) is 0.209. The Morgan fingerprint density at radius 2 is 1.65 bits per heavy atom. The number of nitrogens with one attached hydrogen (secondary N) is 1. The molecule has 1 N–H and O–H groups in total. The molecule has 0 aliphatic carbocycles. The fourth-order valence-electron chi connectivity index (χ4n) is 2.75. The molecule has 0 spiro atoms. The number of rotatable bonds is 5. The number of benzene rings is 3. The lowest BCUT2D eigenvalue weighted by Gasteiger charge is -2.22. The molecular weight excluding hydrogens is 348 g/mol. The minimum Gasteiger partial charge on any atom is -0.493 e. The van der Waals surface area contributed by atoms with Crippen LogP contribution >= 0.6 is 11.6 Å². The van der Waals surface area contributed by atoms with Crippen LogP contribution in [0.2, 0.25) is 5.02 Å². The molecule has 1 amide bonds. The zero-order valence-electron chi connectivity index (χ0n) is 14.6. The zero-order chi connectivity index (χ0) is 18.5.